The van der Waals surface area contributed by atoms with Crippen molar-refractivity contribution >= 4 is 0 Å². The zero-order chi connectivity index (χ0) is 11.4. The number of nitrogens with zero attached hydrogens (tertiary/aromatic N) is 1. The molecule has 0 aromatic heterocycles. The van der Waals surface area contributed by atoms with Gasteiger partial charge in [-0.1, -0.05) is 26.2 Å². The van der Waals surface area contributed by atoms with Crippen LogP contribution in [0.15, 0.2) is 0 Å². The van der Waals surface area contributed by atoms with Crippen LogP contribution in [0.5, 0.6) is 0 Å². The summed E-state index contributed by atoms with van der Waals surface area (Å²) in [6.07, 6.45) is 8.49. The molecule has 0 spiro atoms. The van der Waals surface area contributed by atoms with Gasteiger partial charge in [-0.25, -0.2) is 0 Å². The predicted octanol–water partition coefficient (Wildman–Crippen LogP) is 2.64. The summed E-state index contributed by atoms with van der Waals surface area (Å²) in [7, 11) is 0. The highest BCUT2D eigenvalue weighted by Crippen LogP contribution is 2.34. The van der Waals surface area contributed by atoms with Crippen molar-refractivity contribution in [3.8, 4) is 0 Å². The topological polar surface area (TPSA) is 15.3 Å². The molecule has 1 aliphatic heterocycles. The Balaban J connectivity index is 1.70. The van der Waals surface area contributed by atoms with Crippen molar-refractivity contribution < 1.29 is 0 Å². The average Bonchev–Trinajstić information content (AvgIpc) is 3.13. The number of rotatable bonds is 6. The Bertz CT molecular complexity index is 201. The van der Waals surface area contributed by atoms with Crippen LogP contribution in [0.25, 0.3) is 0 Å². The highest BCUT2D eigenvalue weighted by atomic mass is 15.2. The minimum absolute atomic E-state index is 0.801. The molecule has 0 aromatic rings. The monoisotopic (exact) mass is 224 g/mol. The maximum Gasteiger partial charge on any atom is 0.0223 e. The molecule has 2 heteroatoms. The van der Waals surface area contributed by atoms with E-state index in [2.05, 4.69) is 24.1 Å². The zero-order valence-corrected chi connectivity index (χ0v) is 11.0. The molecule has 0 aromatic carbocycles. The van der Waals surface area contributed by atoms with Crippen LogP contribution in [-0.2, 0) is 0 Å². The van der Waals surface area contributed by atoms with Crippen LogP contribution in [0.2, 0.25) is 0 Å². The molecule has 1 aliphatic carbocycles. The highest BCUT2D eigenvalue weighted by molar-refractivity contribution is 4.92. The van der Waals surface area contributed by atoms with E-state index in [0.29, 0.717) is 0 Å². The third-order valence-corrected chi connectivity index (χ3v) is 4.28. The first-order chi connectivity index (χ1) is 7.81. The summed E-state index contributed by atoms with van der Waals surface area (Å²) in [6.45, 7) is 8.48. The largest absolute Gasteiger partial charge is 0.311 e. The van der Waals surface area contributed by atoms with E-state index in [9.17, 15) is 0 Å². The number of hydrogen-bond donors (Lipinski definition) is 1. The van der Waals surface area contributed by atoms with Gasteiger partial charge in [-0.3, -0.25) is 4.90 Å². The molecular weight excluding hydrogens is 196 g/mol. The molecule has 1 saturated heterocycles. The summed E-state index contributed by atoms with van der Waals surface area (Å²) < 4.78 is 0. The molecule has 0 amide bonds. The SMILES string of the molecule is CCCCCC(C)N1CCNC(C2CC2)C1. The van der Waals surface area contributed by atoms with E-state index in [4.69, 9.17) is 0 Å². The second-order valence-electron chi connectivity index (χ2n) is 5.74. The molecule has 2 atom stereocenters. The first-order valence-corrected chi connectivity index (χ1v) is 7.28. The Kier molecular flexibility index (Phi) is 4.66. The molecule has 94 valence electrons. The second kappa shape index (κ2) is 6.02. The lowest BCUT2D eigenvalue weighted by Crippen LogP contribution is -2.54. The highest BCUT2D eigenvalue weighted by Gasteiger charge is 2.34. The quantitative estimate of drug-likeness (QED) is 0.698. The van der Waals surface area contributed by atoms with Crippen molar-refractivity contribution in [3.05, 3.63) is 0 Å². The molecular formula is C14H28N2. The summed E-state index contributed by atoms with van der Waals surface area (Å²) in [6, 6.07) is 1.61. The van der Waals surface area contributed by atoms with Crippen LogP contribution in [0, 0.1) is 5.92 Å². The first kappa shape index (κ1) is 12.4. The summed E-state index contributed by atoms with van der Waals surface area (Å²) in [4.78, 5) is 2.72. The van der Waals surface area contributed by atoms with Crippen molar-refractivity contribution in [2.45, 2.75) is 64.5 Å². The van der Waals surface area contributed by atoms with Gasteiger partial charge in [-0.05, 0) is 32.1 Å². The normalized spacial score (nSPS) is 29.2. The third-order valence-electron chi connectivity index (χ3n) is 4.28. The van der Waals surface area contributed by atoms with Gasteiger partial charge in [-0.15, -0.1) is 0 Å². The van der Waals surface area contributed by atoms with Gasteiger partial charge in [0.25, 0.3) is 0 Å². The Labute approximate surface area is 101 Å². The predicted molar refractivity (Wildman–Crippen MR) is 69.7 cm³/mol. The van der Waals surface area contributed by atoms with Gasteiger partial charge in [0.1, 0.15) is 0 Å². The lowest BCUT2D eigenvalue weighted by atomic mass is 10.0. The van der Waals surface area contributed by atoms with E-state index in [1.807, 2.05) is 0 Å². The fourth-order valence-corrected chi connectivity index (χ4v) is 2.89. The van der Waals surface area contributed by atoms with E-state index < -0.39 is 0 Å². The van der Waals surface area contributed by atoms with Gasteiger partial charge in [0.05, 0.1) is 0 Å². The van der Waals surface area contributed by atoms with Crippen LogP contribution in [-0.4, -0.2) is 36.6 Å². The third kappa shape index (κ3) is 3.46. The van der Waals surface area contributed by atoms with Crippen LogP contribution in [0.1, 0.15) is 52.4 Å². The van der Waals surface area contributed by atoms with Crippen molar-refractivity contribution in [2.24, 2.45) is 5.92 Å². The van der Waals surface area contributed by atoms with Crippen LogP contribution in [0.3, 0.4) is 0 Å². The molecule has 2 aliphatic rings. The maximum atomic E-state index is 3.69. The fourth-order valence-electron chi connectivity index (χ4n) is 2.89. The molecule has 2 nitrogen and oxygen atoms in total. The molecule has 16 heavy (non-hydrogen) atoms. The molecule has 0 radical (unpaired) electrons. The molecule has 2 unspecified atom stereocenters. The zero-order valence-electron chi connectivity index (χ0n) is 11.0. The van der Waals surface area contributed by atoms with Gasteiger partial charge in [0, 0.05) is 31.7 Å². The Hall–Kier alpha value is -0.0800. The van der Waals surface area contributed by atoms with E-state index in [0.717, 1.165) is 18.0 Å². The lowest BCUT2D eigenvalue weighted by molar-refractivity contribution is 0.137. The maximum absolute atomic E-state index is 3.69. The Morgan fingerprint density at radius 3 is 2.81 bits per heavy atom. The van der Waals surface area contributed by atoms with E-state index >= 15 is 0 Å². The van der Waals surface area contributed by atoms with Gasteiger partial charge in [0.2, 0.25) is 0 Å². The summed E-state index contributed by atoms with van der Waals surface area (Å²) in [5, 5.41) is 3.69. The van der Waals surface area contributed by atoms with Gasteiger partial charge in [0.15, 0.2) is 0 Å². The lowest BCUT2D eigenvalue weighted by Gasteiger charge is -2.37. The second-order valence-corrected chi connectivity index (χ2v) is 5.74. The standard InChI is InChI=1S/C14H28N2/c1-3-4-5-6-12(2)16-10-9-15-14(11-16)13-7-8-13/h12-15H,3-11H2,1-2H3. The molecule has 1 N–H and O–H groups in total. The number of hydrogen-bond acceptors (Lipinski definition) is 2. The number of unbranched alkanes of at least 4 members (excludes halogenated alkanes) is 2. The van der Waals surface area contributed by atoms with E-state index in [-0.39, 0.29) is 0 Å². The van der Waals surface area contributed by atoms with Gasteiger partial charge < -0.3 is 5.32 Å². The molecule has 1 saturated carbocycles. The van der Waals surface area contributed by atoms with E-state index in [1.165, 1.54) is 58.2 Å². The molecule has 2 fully saturated rings. The number of piperazine rings is 1. The van der Waals surface area contributed by atoms with E-state index in [1.54, 1.807) is 0 Å². The summed E-state index contributed by atoms with van der Waals surface area (Å²) in [5.74, 6) is 1.01. The minimum atomic E-state index is 0.801. The number of nitrogens with one attached hydrogen (secondary N) is 1. The fraction of sp³-hybridized carbons (Fsp3) is 1.00. The molecule has 2 rings (SSSR count). The van der Waals surface area contributed by atoms with Gasteiger partial charge in [-0.2, -0.15) is 0 Å². The summed E-state index contributed by atoms with van der Waals surface area (Å²) in [5.41, 5.74) is 0. The van der Waals surface area contributed by atoms with Crippen LogP contribution >= 0.6 is 0 Å². The van der Waals surface area contributed by atoms with Crippen LogP contribution < -0.4 is 5.32 Å². The minimum Gasteiger partial charge on any atom is -0.311 e. The Morgan fingerprint density at radius 1 is 1.31 bits per heavy atom. The van der Waals surface area contributed by atoms with Gasteiger partial charge >= 0.3 is 0 Å². The average molecular weight is 224 g/mol. The Morgan fingerprint density at radius 2 is 2.12 bits per heavy atom. The molecule has 0 bridgehead atoms. The summed E-state index contributed by atoms with van der Waals surface area (Å²) >= 11 is 0. The van der Waals surface area contributed by atoms with Crippen molar-refractivity contribution in [1.29, 1.82) is 0 Å². The van der Waals surface area contributed by atoms with Crippen LogP contribution in [0.4, 0.5) is 0 Å². The smallest absolute Gasteiger partial charge is 0.0223 e. The van der Waals surface area contributed by atoms with Crippen molar-refractivity contribution in [2.75, 3.05) is 19.6 Å². The first-order valence-electron chi connectivity index (χ1n) is 7.28. The van der Waals surface area contributed by atoms with Crippen molar-refractivity contribution in [1.82, 2.24) is 10.2 Å². The molecule has 1 heterocycles. The van der Waals surface area contributed by atoms with Crippen molar-refractivity contribution in [3.63, 3.8) is 0 Å².